The largest absolute Gasteiger partial charge is 0.469 e. The standard InChI is InChI=1S/C18H19NO4/c1-17(16(22)23-2)10-11-6-5-9-19(11)18(17)14(20)12-7-3-4-8-13(12)15(18)21/h3-4,7-8,11H,5-6,9-10H2,1-2H3/t11-,17-/m1/s1. The van der Waals surface area contributed by atoms with Crippen LogP contribution < -0.4 is 0 Å². The average molecular weight is 313 g/mol. The molecule has 3 aliphatic rings. The first-order valence-electron chi connectivity index (χ1n) is 8.02. The van der Waals surface area contributed by atoms with Gasteiger partial charge in [0.05, 0.1) is 12.5 Å². The number of Topliss-reactive ketones (excluding diaryl/α,β-unsaturated/α-hetero) is 2. The summed E-state index contributed by atoms with van der Waals surface area (Å²) in [5, 5.41) is 0. The highest BCUT2D eigenvalue weighted by atomic mass is 16.5. The Morgan fingerprint density at radius 2 is 1.83 bits per heavy atom. The summed E-state index contributed by atoms with van der Waals surface area (Å²) in [5.41, 5.74) is -1.70. The summed E-state index contributed by atoms with van der Waals surface area (Å²) in [6.45, 7) is 2.39. The van der Waals surface area contributed by atoms with Gasteiger partial charge in [0, 0.05) is 17.2 Å². The lowest BCUT2D eigenvalue weighted by atomic mass is 9.67. The summed E-state index contributed by atoms with van der Waals surface area (Å²) in [4.78, 5) is 41.3. The quantitative estimate of drug-likeness (QED) is 0.585. The molecule has 2 saturated heterocycles. The highest BCUT2D eigenvalue weighted by molar-refractivity contribution is 6.35. The van der Waals surface area contributed by atoms with E-state index in [0.29, 0.717) is 24.1 Å². The monoisotopic (exact) mass is 313 g/mol. The summed E-state index contributed by atoms with van der Waals surface area (Å²) >= 11 is 0. The summed E-state index contributed by atoms with van der Waals surface area (Å²) in [5.74, 6) is -0.952. The maximum atomic E-state index is 13.3. The van der Waals surface area contributed by atoms with Gasteiger partial charge >= 0.3 is 5.97 Å². The molecule has 0 saturated carbocycles. The topological polar surface area (TPSA) is 63.7 Å². The molecule has 2 fully saturated rings. The molecule has 5 heteroatoms. The molecule has 1 aromatic carbocycles. The van der Waals surface area contributed by atoms with Crippen LogP contribution in [0.1, 0.15) is 46.9 Å². The number of hydrogen-bond donors (Lipinski definition) is 0. The van der Waals surface area contributed by atoms with E-state index in [0.717, 1.165) is 12.8 Å². The fourth-order valence-corrected chi connectivity index (χ4v) is 5.02. The second-order valence-corrected chi connectivity index (χ2v) is 6.93. The van der Waals surface area contributed by atoms with Crippen LogP contribution in [0, 0.1) is 5.41 Å². The van der Waals surface area contributed by atoms with Gasteiger partial charge in [-0.2, -0.15) is 0 Å². The average Bonchev–Trinajstić information content (AvgIpc) is 3.16. The Bertz CT molecular complexity index is 705. The van der Waals surface area contributed by atoms with Crippen LogP contribution in [-0.4, -0.2) is 47.7 Å². The van der Waals surface area contributed by atoms with Crippen LogP contribution in [0.25, 0.3) is 0 Å². The van der Waals surface area contributed by atoms with E-state index in [1.165, 1.54) is 7.11 Å². The summed E-state index contributed by atoms with van der Waals surface area (Å²) in [6.07, 6.45) is 2.34. The van der Waals surface area contributed by atoms with E-state index in [-0.39, 0.29) is 17.6 Å². The molecule has 1 spiro atoms. The van der Waals surface area contributed by atoms with Crippen molar-refractivity contribution >= 4 is 17.5 Å². The van der Waals surface area contributed by atoms with Crippen LogP contribution in [0.15, 0.2) is 24.3 Å². The maximum absolute atomic E-state index is 13.3. The molecule has 1 aliphatic carbocycles. The molecule has 2 atom stereocenters. The van der Waals surface area contributed by atoms with Crippen LogP contribution in [0.3, 0.4) is 0 Å². The molecule has 23 heavy (non-hydrogen) atoms. The first-order valence-corrected chi connectivity index (χ1v) is 8.02. The zero-order chi connectivity index (χ0) is 16.4. The van der Waals surface area contributed by atoms with E-state index < -0.39 is 16.9 Å². The molecule has 4 rings (SSSR count). The number of fused-ring (bicyclic) bond motifs is 3. The van der Waals surface area contributed by atoms with E-state index in [4.69, 9.17) is 4.74 Å². The molecular weight excluding hydrogens is 294 g/mol. The smallest absolute Gasteiger partial charge is 0.314 e. The molecule has 2 aliphatic heterocycles. The van der Waals surface area contributed by atoms with Crippen molar-refractivity contribution in [2.24, 2.45) is 5.41 Å². The lowest BCUT2D eigenvalue weighted by Gasteiger charge is -2.40. The molecule has 1 aromatic rings. The molecule has 0 unspecified atom stereocenters. The van der Waals surface area contributed by atoms with E-state index in [9.17, 15) is 14.4 Å². The third-order valence-corrected chi connectivity index (χ3v) is 5.96. The Morgan fingerprint density at radius 1 is 1.22 bits per heavy atom. The summed E-state index contributed by atoms with van der Waals surface area (Å²) in [6, 6.07) is 6.97. The number of methoxy groups -OCH3 is 1. The molecule has 5 nitrogen and oxygen atoms in total. The number of hydrogen-bond acceptors (Lipinski definition) is 5. The number of ether oxygens (including phenoxy) is 1. The number of carbonyl (C=O) groups excluding carboxylic acids is 3. The van der Waals surface area contributed by atoms with Gasteiger partial charge in [-0.15, -0.1) is 0 Å². The minimum atomic E-state index is -1.43. The van der Waals surface area contributed by atoms with Gasteiger partial charge in [0.1, 0.15) is 0 Å². The Labute approximate surface area is 134 Å². The molecule has 120 valence electrons. The fraction of sp³-hybridized carbons (Fsp3) is 0.500. The van der Waals surface area contributed by atoms with Crippen LogP contribution in [0.2, 0.25) is 0 Å². The fourth-order valence-electron chi connectivity index (χ4n) is 5.02. The van der Waals surface area contributed by atoms with Crippen molar-refractivity contribution in [2.45, 2.75) is 37.8 Å². The van der Waals surface area contributed by atoms with Crippen LogP contribution in [0.5, 0.6) is 0 Å². The second-order valence-electron chi connectivity index (χ2n) is 6.93. The Hall–Kier alpha value is -2.01. The van der Waals surface area contributed by atoms with Crippen LogP contribution >= 0.6 is 0 Å². The zero-order valence-electron chi connectivity index (χ0n) is 13.3. The van der Waals surface area contributed by atoms with Crippen molar-refractivity contribution in [2.75, 3.05) is 13.7 Å². The molecular formula is C18H19NO4. The molecule has 0 aromatic heterocycles. The Kier molecular flexibility index (Phi) is 2.86. The van der Waals surface area contributed by atoms with Gasteiger partial charge in [0.2, 0.25) is 0 Å². The molecule has 0 radical (unpaired) electrons. The van der Waals surface area contributed by atoms with Crippen LogP contribution in [-0.2, 0) is 9.53 Å². The minimum absolute atomic E-state index is 0.0845. The number of nitrogens with zero attached hydrogens (tertiary/aromatic N) is 1. The number of ketones is 2. The highest BCUT2D eigenvalue weighted by Crippen LogP contribution is 2.57. The van der Waals surface area contributed by atoms with Crippen molar-refractivity contribution in [3.63, 3.8) is 0 Å². The Balaban J connectivity index is 1.98. The lowest BCUT2D eigenvalue weighted by Crippen LogP contribution is -2.63. The SMILES string of the molecule is COC(=O)[C@@]1(C)C[C@H]2CCCN2C12C(=O)c1ccccc1C2=O. The van der Waals surface area contributed by atoms with Gasteiger partial charge in [-0.25, -0.2) is 0 Å². The molecule has 0 N–H and O–H groups in total. The zero-order valence-corrected chi connectivity index (χ0v) is 13.3. The summed E-state index contributed by atoms with van der Waals surface area (Å²) < 4.78 is 5.01. The second kappa shape index (κ2) is 4.51. The van der Waals surface area contributed by atoms with E-state index >= 15 is 0 Å². The predicted octanol–water partition coefficient (Wildman–Crippen LogP) is 1.85. The van der Waals surface area contributed by atoms with Gasteiger partial charge in [0.15, 0.2) is 17.1 Å². The maximum Gasteiger partial charge on any atom is 0.314 e. The number of esters is 1. The highest BCUT2D eigenvalue weighted by Gasteiger charge is 2.75. The van der Waals surface area contributed by atoms with Crippen molar-refractivity contribution in [3.8, 4) is 0 Å². The normalized spacial score (nSPS) is 31.5. The number of rotatable bonds is 1. The van der Waals surface area contributed by atoms with Crippen molar-refractivity contribution in [1.29, 1.82) is 0 Å². The number of benzene rings is 1. The van der Waals surface area contributed by atoms with Gasteiger partial charge in [0.25, 0.3) is 0 Å². The van der Waals surface area contributed by atoms with E-state index in [2.05, 4.69) is 0 Å². The van der Waals surface area contributed by atoms with E-state index in [1.54, 1.807) is 31.2 Å². The molecule has 2 heterocycles. The lowest BCUT2D eigenvalue weighted by molar-refractivity contribution is -0.154. The van der Waals surface area contributed by atoms with E-state index in [1.807, 2.05) is 4.90 Å². The third kappa shape index (κ3) is 1.44. The first-order chi connectivity index (χ1) is 11.0. The van der Waals surface area contributed by atoms with Crippen molar-refractivity contribution < 1.29 is 19.1 Å². The van der Waals surface area contributed by atoms with Gasteiger partial charge in [-0.1, -0.05) is 24.3 Å². The van der Waals surface area contributed by atoms with Gasteiger partial charge in [-0.3, -0.25) is 19.3 Å². The number of carbonyl (C=O) groups is 3. The third-order valence-electron chi connectivity index (χ3n) is 5.96. The van der Waals surface area contributed by atoms with Crippen molar-refractivity contribution in [1.82, 2.24) is 4.90 Å². The van der Waals surface area contributed by atoms with Crippen LogP contribution in [0.4, 0.5) is 0 Å². The Morgan fingerprint density at radius 3 is 2.39 bits per heavy atom. The van der Waals surface area contributed by atoms with Crippen molar-refractivity contribution in [3.05, 3.63) is 35.4 Å². The molecule has 0 amide bonds. The predicted molar refractivity (Wildman–Crippen MR) is 82.3 cm³/mol. The molecule has 0 bridgehead atoms. The first kappa shape index (κ1) is 14.6. The summed E-state index contributed by atoms with van der Waals surface area (Å²) in [7, 11) is 1.32. The van der Waals surface area contributed by atoms with Gasteiger partial charge in [-0.05, 0) is 32.7 Å². The minimum Gasteiger partial charge on any atom is -0.469 e. The van der Waals surface area contributed by atoms with Gasteiger partial charge < -0.3 is 4.74 Å².